The number of nitrogens with two attached hydrogens (primary N) is 4. The van der Waals surface area contributed by atoms with E-state index in [0.717, 1.165) is 0 Å². The van der Waals surface area contributed by atoms with E-state index in [-0.39, 0.29) is 97.9 Å². The van der Waals surface area contributed by atoms with Crippen LogP contribution in [0, 0.1) is 27.2 Å². The molecule has 4 aliphatic heterocycles. The number of Topliss-reactive ketones (excluding diaryl/α,β-unsaturated/α-hetero) is 1. The van der Waals surface area contributed by atoms with E-state index >= 15 is 0 Å². The smallest absolute Gasteiger partial charge is 0.203 e. The minimum absolute atomic E-state index is 0. The Morgan fingerprint density at radius 1 is 0.533 bits per heavy atom. The van der Waals surface area contributed by atoms with E-state index in [1.807, 2.05) is 55.4 Å². The molecule has 0 aromatic heterocycles. The van der Waals surface area contributed by atoms with Crippen LogP contribution in [-0.2, 0) is 78.6 Å². The van der Waals surface area contributed by atoms with E-state index in [1.54, 1.807) is 27.7 Å². The van der Waals surface area contributed by atoms with Gasteiger partial charge < -0.3 is 135 Å². The molecule has 0 aromatic carbocycles. The van der Waals surface area contributed by atoms with E-state index in [0.29, 0.717) is 0 Å². The zero-order chi connectivity index (χ0) is 56.6. The van der Waals surface area contributed by atoms with E-state index in [4.69, 9.17) is 90.5 Å². The van der Waals surface area contributed by atoms with E-state index in [2.05, 4.69) is 18.7 Å². The summed E-state index contributed by atoms with van der Waals surface area (Å²) in [5, 5.41) is 82.0. The van der Waals surface area contributed by atoms with Gasteiger partial charge in [0.1, 0.15) is 72.9 Å². The number of aliphatic hydroxyl groups excluding tert-OH is 7. The number of hydrogen-bond acceptors (Lipinski definition) is 25. The van der Waals surface area contributed by atoms with Crippen LogP contribution >= 0.6 is 0 Å². The first-order chi connectivity index (χ1) is 34.0. The van der Waals surface area contributed by atoms with Crippen LogP contribution in [0.25, 0.3) is 0 Å². The van der Waals surface area contributed by atoms with Crippen molar-refractivity contribution in [2.45, 2.75) is 243 Å². The Morgan fingerprint density at radius 2 is 0.800 bits per heavy atom. The summed E-state index contributed by atoms with van der Waals surface area (Å²) < 4.78 is 62.1. The molecule has 4 heterocycles. The average molecular weight is 1140 g/mol. The summed E-state index contributed by atoms with van der Waals surface area (Å²) in [5.41, 5.74) is 24.1. The summed E-state index contributed by atoms with van der Waals surface area (Å²) >= 11 is 0. The Morgan fingerprint density at radius 3 is 1.16 bits per heavy atom. The molecular weight excluding hydrogens is 1040 g/mol. The number of aliphatic hydroxyl groups is 7. The molecule has 1 radical (unpaired) electrons. The first kappa shape index (κ1) is 78.1. The Bertz CT molecular complexity index is 1360. The predicted octanol–water partition coefficient (Wildman–Crippen LogP) is -2.27. The number of carbonyl (C=O) groups is 1. The molecule has 453 valence electrons. The van der Waals surface area contributed by atoms with Crippen LogP contribution < -0.4 is 22.9 Å². The van der Waals surface area contributed by atoms with Crippen molar-refractivity contribution >= 4 is 5.78 Å². The van der Waals surface area contributed by atoms with Gasteiger partial charge in [-0.2, -0.15) is 0 Å². The van der Waals surface area contributed by atoms with Crippen molar-refractivity contribution in [2.75, 3.05) is 33.2 Å². The molecule has 20 unspecified atom stereocenters. The van der Waals surface area contributed by atoms with Gasteiger partial charge in [-0.3, -0.25) is 0 Å². The first-order valence-corrected chi connectivity index (χ1v) is 24.7. The quantitative estimate of drug-likeness (QED) is 0.0213. The SMILES string of the molecule is CC(C)OC1OC(CO)C(OC(C)C)C([OH2+])C1N.CC(C)OC1OC(CO)C(OC2OC(CO)C(OC(C)C)C(O)C2N)C(O)C1N.OCOO.[CH2+]C1C(N)C(OC(C)C)OC(CO)C1OC(C)C.[CH2-]C(C)=O.[CH3-].[Co]. The number of carbonyl (C=O) groups excluding carboxylic acids is 1. The largest absolute Gasteiger partial charge is 0.440 e. The average Bonchev–Trinajstić information content (AvgIpc) is 3.30. The Balaban J connectivity index is -0.000000985. The second-order valence-corrected chi connectivity index (χ2v) is 19.4. The Labute approximate surface area is 455 Å². The fraction of sp³-hybridized carbons (Fsp3) is 0.917. The Kier molecular flexibility index (Phi) is 41.8. The van der Waals surface area contributed by atoms with Crippen molar-refractivity contribution in [3.8, 4) is 0 Å². The number of ether oxygens (including phenoxy) is 11. The summed E-state index contributed by atoms with van der Waals surface area (Å²) in [6.07, 6.45) is -12.6. The zero-order valence-electron chi connectivity index (χ0n) is 46.5. The fourth-order valence-electron chi connectivity index (χ4n) is 7.56. The third-order valence-electron chi connectivity index (χ3n) is 10.7. The van der Waals surface area contributed by atoms with Crippen molar-refractivity contribution in [1.82, 2.24) is 0 Å². The molecule has 20 atom stereocenters. The maximum atomic E-state index is 10.6. The van der Waals surface area contributed by atoms with Crippen LogP contribution in [0.3, 0.4) is 0 Å². The molecule has 0 spiro atoms. The topological polar surface area (TPSA) is 417 Å². The predicted molar refractivity (Wildman–Crippen MR) is 270 cm³/mol. The normalized spacial score (nSPS) is 35.7. The molecule has 27 heteroatoms. The van der Waals surface area contributed by atoms with Crippen LogP contribution in [0.5, 0.6) is 0 Å². The van der Waals surface area contributed by atoms with Crippen molar-refractivity contribution in [2.24, 2.45) is 28.9 Å². The molecule has 18 N–H and O–H groups in total. The van der Waals surface area contributed by atoms with Gasteiger partial charge >= 0.3 is 0 Å². The summed E-state index contributed by atoms with van der Waals surface area (Å²) in [5.74, 6) is -0.262. The zero-order valence-corrected chi connectivity index (χ0v) is 47.5. The van der Waals surface area contributed by atoms with Gasteiger partial charge in [0.15, 0.2) is 38.1 Å². The van der Waals surface area contributed by atoms with Crippen molar-refractivity contribution in [3.63, 3.8) is 0 Å². The van der Waals surface area contributed by atoms with E-state index in [1.165, 1.54) is 6.92 Å². The van der Waals surface area contributed by atoms with Gasteiger partial charge in [0.2, 0.25) is 6.10 Å². The van der Waals surface area contributed by atoms with Gasteiger partial charge in [0, 0.05) is 16.8 Å². The molecule has 0 amide bonds. The van der Waals surface area contributed by atoms with Crippen LogP contribution in [0.15, 0.2) is 0 Å². The van der Waals surface area contributed by atoms with Crippen LogP contribution in [0.2, 0.25) is 0 Å². The van der Waals surface area contributed by atoms with Crippen LogP contribution in [-0.4, -0.2) is 238 Å². The number of rotatable bonds is 19. The Hall–Kier alpha value is -1.08. The van der Waals surface area contributed by atoms with Gasteiger partial charge in [-0.05, 0) is 95.8 Å². The third-order valence-corrected chi connectivity index (χ3v) is 10.7. The molecule has 26 nitrogen and oxygen atoms in total. The molecule has 4 aliphatic rings. The van der Waals surface area contributed by atoms with Crippen molar-refractivity contribution in [3.05, 3.63) is 21.3 Å². The van der Waals surface area contributed by atoms with Crippen molar-refractivity contribution < 1.29 is 125 Å². The van der Waals surface area contributed by atoms with Crippen molar-refractivity contribution in [1.29, 1.82) is 0 Å². The summed E-state index contributed by atoms with van der Waals surface area (Å²) in [6.45, 7) is 29.0. The minimum atomic E-state index is -1.25. The first-order valence-electron chi connectivity index (χ1n) is 24.7. The minimum Gasteiger partial charge on any atom is -0.440 e. The molecule has 4 saturated heterocycles. The summed E-state index contributed by atoms with van der Waals surface area (Å²) in [4.78, 5) is 12.4. The second kappa shape index (κ2) is 40.2. The molecule has 75 heavy (non-hydrogen) atoms. The number of hydrogen-bond donors (Lipinski definition) is 12. The number of ketones is 1. The van der Waals surface area contributed by atoms with Crippen LogP contribution in [0.1, 0.15) is 90.0 Å². The van der Waals surface area contributed by atoms with E-state index < -0.39 is 124 Å². The van der Waals surface area contributed by atoms with Gasteiger partial charge in [0.25, 0.3) is 0 Å². The maximum absolute atomic E-state index is 10.6. The molecule has 4 rings (SSSR count). The second-order valence-electron chi connectivity index (χ2n) is 19.4. The molecular formula is C48H100CoN4O22. The van der Waals surface area contributed by atoms with Crippen LogP contribution in [0.4, 0.5) is 0 Å². The molecule has 0 bridgehead atoms. The summed E-state index contributed by atoms with van der Waals surface area (Å²) in [6, 6.07) is -2.92. The summed E-state index contributed by atoms with van der Waals surface area (Å²) in [7, 11) is 0. The molecule has 0 aliphatic carbocycles. The fourth-order valence-corrected chi connectivity index (χ4v) is 7.56. The maximum Gasteiger partial charge on any atom is 0.203 e. The molecule has 0 aromatic rings. The van der Waals surface area contributed by atoms with Gasteiger partial charge in [-0.15, -0.1) is 0 Å². The van der Waals surface area contributed by atoms with Gasteiger partial charge in [-0.1, -0.05) is 0 Å². The molecule has 4 fully saturated rings. The standard InChI is InChI=1S/C18H36N2O9.C13H26NO4.C12H25NO5.C3H5O.CH4O3.CH3.Co/c1-7(2)25-15-9(5-21)28-18(12(20)13(15)23)29-16-10(6-22)27-17(26-8(3)4)11(19)14(16)24;1-7(2)16-12-9(5)11(14)13(17-8(3)4)18-10(12)6-15;1-6(2)16-11-8(5-14)18-12(17-7(3)4)9(13)10(11)15;1-3(2)4;2-1-4-3;;/h7-18,21-24H,5-6,19-20H2,1-4H3;7-13,15H,5-6,14H2,1-4H3;6-12,14-15H,5,13H2,1-4H3;1H2,2H3;2-3H,1H2;1H3;/q;+1;;-1;;-1;/p+1. The molecule has 0 saturated carbocycles. The van der Waals surface area contributed by atoms with Gasteiger partial charge in [-0.25, -0.2) is 10.1 Å². The van der Waals surface area contributed by atoms with Gasteiger partial charge in [0.05, 0.1) is 82.1 Å². The van der Waals surface area contributed by atoms with E-state index in [9.17, 15) is 35.4 Å². The monoisotopic (exact) mass is 1140 g/mol. The third kappa shape index (κ3) is 27.3.